The van der Waals surface area contributed by atoms with Gasteiger partial charge in [0.05, 0.1) is 0 Å². The number of halogens is 2. The average Bonchev–Trinajstić information content (AvgIpc) is 3.59. The molecular formula is C46H58Cl2SiZr-4. The molecule has 0 aliphatic carbocycles. The molecule has 0 aliphatic rings. The van der Waals surface area contributed by atoms with E-state index in [2.05, 4.69) is 173 Å². The van der Waals surface area contributed by atoms with Crippen molar-refractivity contribution < 1.29 is 23.3 Å². The van der Waals surface area contributed by atoms with Gasteiger partial charge in [-0.3, -0.25) is 0 Å². The van der Waals surface area contributed by atoms with Crippen LogP contribution in [-0.2, 0) is 47.0 Å². The second-order valence-corrected chi connectivity index (χ2v) is 14.5. The zero-order chi connectivity index (χ0) is 33.8. The summed E-state index contributed by atoms with van der Waals surface area (Å²) in [7, 11) is 0. The Morgan fingerprint density at radius 2 is 0.820 bits per heavy atom. The summed E-state index contributed by atoms with van der Waals surface area (Å²) in [5.41, 5.74) is 14.3. The second-order valence-electron chi connectivity index (χ2n) is 14.5. The molecule has 0 aromatic heterocycles. The van der Waals surface area contributed by atoms with Crippen molar-refractivity contribution in [2.45, 2.75) is 92.9 Å². The quantitative estimate of drug-likeness (QED) is 0.123. The molecule has 0 amide bonds. The molecule has 0 nitrogen and oxygen atoms in total. The van der Waals surface area contributed by atoms with Crippen molar-refractivity contribution in [1.82, 2.24) is 0 Å². The molecule has 268 valence electrons. The van der Waals surface area contributed by atoms with Crippen LogP contribution in [0, 0.1) is 28.7 Å². The third kappa shape index (κ3) is 10.4. The first-order valence-electron chi connectivity index (χ1n) is 16.7. The average molecular weight is 801 g/mol. The van der Waals surface area contributed by atoms with Crippen molar-refractivity contribution >= 4 is 53.2 Å². The Bertz CT molecular complexity index is 1770. The summed E-state index contributed by atoms with van der Waals surface area (Å²) >= 11 is 1.36. The summed E-state index contributed by atoms with van der Waals surface area (Å²) in [5, 5.41) is 5.55. The van der Waals surface area contributed by atoms with Gasteiger partial charge >= 0.3 is 30.2 Å². The standard InChI is InChI=1S/2C22H25.2CH3.2ClH.Si.Zr/c2*1-6-16-10-12-17(13-11-16)19-9-7-8-18-14-20(22(3,4)5)15(2)21(18)19;;;;;;/h2*7-14H,6H2,1-5H3;2*1H3;2*1H;;/q4*-1;;;;. The van der Waals surface area contributed by atoms with E-state index in [1.807, 2.05) is 0 Å². The van der Waals surface area contributed by atoms with Gasteiger partial charge in [-0.2, -0.15) is 11.1 Å². The molecule has 0 unspecified atom stereocenters. The molecule has 0 heterocycles. The fourth-order valence-electron chi connectivity index (χ4n) is 6.89. The van der Waals surface area contributed by atoms with E-state index in [1.54, 1.807) is 0 Å². The normalized spacial score (nSPS) is 10.7. The van der Waals surface area contributed by atoms with Crippen molar-refractivity contribution in [1.29, 1.82) is 0 Å². The van der Waals surface area contributed by atoms with Gasteiger partial charge in [-0.15, -0.1) is 93.9 Å². The van der Waals surface area contributed by atoms with Crippen molar-refractivity contribution in [2.75, 3.05) is 0 Å². The fraction of sp³-hybridized carbons (Fsp3) is 0.304. The summed E-state index contributed by atoms with van der Waals surface area (Å²) in [5.74, 6) is 0. The topological polar surface area (TPSA) is 0 Å². The second kappa shape index (κ2) is 20.1. The molecule has 0 saturated heterocycles. The van der Waals surface area contributed by atoms with Crippen LogP contribution in [-0.4, -0.2) is 6.88 Å². The van der Waals surface area contributed by atoms with Gasteiger partial charge in [-0.1, -0.05) is 141 Å². The van der Waals surface area contributed by atoms with E-state index in [4.69, 9.17) is 0 Å². The van der Waals surface area contributed by atoms with Crippen LogP contribution < -0.4 is 0 Å². The Labute approximate surface area is 334 Å². The van der Waals surface area contributed by atoms with Gasteiger partial charge in [-0.25, -0.2) is 0 Å². The van der Waals surface area contributed by atoms with Crippen LogP contribution in [0.3, 0.4) is 0 Å². The monoisotopic (exact) mass is 798 g/mol. The zero-order valence-electron chi connectivity index (χ0n) is 32.5. The molecule has 0 N–H and O–H groups in total. The zero-order valence-corrected chi connectivity index (χ0v) is 37.6. The minimum absolute atomic E-state index is 0. The van der Waals surface area contributed by atoms with Crippen LogP contribution in [0.15, 0.2) is 97.1 Å². The first-order valence-corrected chi connectivity index (χ1v) is 20.8. The molecule has 6 aromatic carbocycles. The molecule has 0 spiro atoms. The van der Waals surface area contributed by atoms with Crippen LogP contribution in [0.25, 0.3) is 43.8 Å². The van der Waals surface area contributed by atoms with Crippen molar-refractivity contribution in [3.05, 3.63) is 145 Å². The van der Waals surface area contributed by atoms with Crippen LogP contribution >= 0.6 is 24.8 Å². The summed E-state index contributed by atoms with van der Waals surface area (Å²) in [4.78, 5) is 0. The number of benzene rings is 4. The van der Waals surface area contributed by atoms with Gasteiger partial charge < -0.3 is 14.9 Å². The van der Waals surface area contributed by atoms with E-state index in [-0.39, 0.29) is 50.5 Å². The van der Waals surface area contributed by atoms with Crippen molar-refractivity contribution in [3.63, 3.8) is 0 Å². The van der Waals surface area contributed by atoms with Gasteiger partial charge in [0.1, 0.15) is 0 Å². The summed E-state index contributed by atoms with van der Waals surface area (Å²) in [6.45, 7) is 25.8. The molecule has 4 heteroatoms. The Hall–Kier alpha value is -2.22. The number of fused-ring (bicyclic) bond motifs is 2. The van der Waals surface area contributed by atoms with E-state index < -0.39 is 0 Å². The van der Waals surface area contributed by atoms with Gasteiger partial charge in [0.2, 0.25) is 0 Å². The third-order valence-electron chi connectivity index (χ3n) is 9.31. The molecule has 0 saturated carbocycles. The summed E-state index contributed by atoms with van der Waals surface area (Å²) in [6, 6.07) is 36.1. The van der Waals surface area contributed by atoms with E-state index in [0.717, 1.165) is 12.8 Å². The Morgan fingerprint density at radius 3 is 1.08 bits per heavy atom. The third-order valence-corrected chi connectivity index (χ3v) is 9.31. The molecule has 2 radical (unpaired) electrons. The van der Waals surface area contributed by atoms with Crippen LogP contribution in [0.5, 0.6) is 0 Å². The minimum atomic E-state index is 0. The maximum atomic E-state index is 3.06. The van der Waals surface area contributed by atoms with E-state index >= 15 is 0 Å². The Balaban J connectivity index is 0.000000850. The maximum absolute atomic E-state index is 3.06. The van der Waals surface area contributed by atoms with Crippen LogP contribution in [0.2, 0.25) is 0 Å². The number of hydrogen-bond donors (Lipinski definition) is 0. The SMILES string of the molecule is CCc1ccc(-c2cccc3[cH-]c(C(C)(C)C)c(C)c23)cc1.CCc1ccc(-c2cccc3[cH-]c(C(C)(C)C)c(C)c23)cc1.Cl.Cl.[CH3-].[CH3-].[Si]=[Zr]. The summed E-state index contributed by atoms with van der Waals surface area (Å²) < 4.78 is 0. The fourth-order valence-corrected chi connectivity index (χ4v) is 6.89. The molecule has 6 aromatic rings. The predicted molar refractivity (Wildman–Crippen MR) is 229 cm³/mol. The van der Waals surface area contributed by atoms with Crippen LogP contribution in [0.4, 0.5) is 0 Å². The van der Waals surface area contributed by atoms with E-state index in [9.17, 15) is 0 Å². The molecule has 0 bridgehead atoms. The van der Waals surface area contributed by atoms with E-state index in [1.165, 1.54) is 101 Å². The van der Waals surface area contributed by atoms with Gasteiger partial charge in [0.25, 0.3) is 0 Å². The van der Waals surface area contributed by atoms with Crippen molar-refractivity contribution in [2.24, 2.45) is 0 Å². The molecule has 0 fully saturated rings. The van der Waals surface area contributed by atoms with E-state index in [0.29, 0.717) is 0 Å². The van der Waals surface area contributed by atoms with Gasteiger partial charge in [-0.05, 0) is 45.9 Å². The predicted octanol–water partition coefficient (Wildman–Crippen LogP) is 14.1. The number of rotatable bonds is 4. The molecule has 0 atom stereocenters. The first kappa shape index (κ1) is 47.8. The van der Waals surface area contributed by atoms with Crippen LogP contribution in [0.1, 0.15) is 88.8 Å². The van der Waals surface area contributed by atoms with Crippen molar-refractivity contribution in [3.8, 4) is 22.3 Å². The molecule has 50 heavy (non-hydrogen) atoms. The first-order chi connectivity index (χ1) is 21.8. The summed E-state index contributed by atoms with van der Waals surface area (Å²) in [6.07, 6.45) is 2.18. The number of aryl methyl sites for hydroxylation is 4. The Kier molecular flexibility index (Phi) is 19.2. The number of hydrogen-bond acceptors (Lipinski definition) is 0. The molecule has 0 aliphatic heterocycles. The van der Waals surface area contributed by atoms with Gasteiger partial charge in [0, 0.05) is 0 Å². The molecule has 6 rings (SSSR count). The molecular weight excluding hydrogens is 743 g/mol. The van der Waals surface area contributed by atoms with Gasteiger partial charge in [0.15, 0.2) is 0 Å². The Morgan fingerprint density at radius 1 is 0.520 bits per heavy atom.